The van der Waals surface area contributed by atoms with Gasteiger partial charge in [-0.2, -0.15) is 4.31 Å². The van der Waals surface area contributed by atoms with Crippen molar-refractivity contribution in [3.63, 3.8) is 0 Å². The van der Waals surface area contributed by atoms with E-state index in [0.29, 0.717) is 12.2 Å². The van der Waals surface area contributed by atoms with E-state index in [1.54, 1.807) is 0 Å². The zero-order chi connectivity index (χ0) is 50.5. The number of hydrogen-bond donors (Lipinski definition) is 9. The van der Waals surface area contributed by atoms with Gasteiger partial charge in [0.15, 0.2) is 22.8 Å². The normalized spacial score (nSPS) is 20.4. The molecule has 68 heavy (non-hydrogen) atoms. The maximum Gasteiger partial charge on any atom is 0.481 e. The van der Waals surface area contributed by atoms with Crippen LogP contribution in [0.25, 0.3) is 11.2 Å². The molecule has 28 heteroatoms. The Morgan fingerprint density at radius 3 is 2.13 bits per heavy atom. The van der Waals surface area contributed by atoms with E-state index in [1.165, 1.54) is 84.5 Å². The molecular formula is C40H72N7O17P3S. The van der Waals surface area contributed by atoms with E-state index < -0.39 is 84.6 Å². The number of nitrogens with zero attached hydrogens (tertiary/aromatic N) is 4. The molecule has 1 aliphatic heterocycles. The average molecular weight is 1050 g/mol. The molecule has 2 amide bonds. The standard InChI is InChI=1S/C40H72N7O17P3S/c1-5-17-28(2)18-15-13-11-9-7-6-8-10-12-14-16-19-31(49)68-23-22-42-30(48)20-21-43-38(52)35(51)40(3,4)25-61-67(58,59)64-66(56,57)60-24-29-34(63-65(53,54)55)33(50)39(62-29)47-27-46-32-36(41)44-26-45-37(32)47/h26-29,33-35,39,50-51H,5-25H2,1-4H3,(H,42,48)(H,43,52)(H,56,57)(H,58,59)(H2,41,44,45)(H2,53,54,55). The van der Waals surface area contributed by atoms with Crippen molar-refractivity contribution in [1.82, 2.24) is 30.2 Å². The molecule has 0 bridgehead atoms. The number of imidazole rings is 1. The Labute approximate surface area is 401 Å². The predicted octanol–water partition coefficient (Wildman–Crippen LogP) is 5.17. The fourth-order valence-electron chi connectivity index (χ4n) is 7.36. The van der Waals surface area contributed by atoms with Crippen molar-refractivity contribution >= 4 is 69.1 Å². The summed E-state index contributed by atoms with van der Waals surface area (Å²) in [5.41, 5.74) is 4.29. The highest BCUT2D eigenvalue weighted by Gasteiger charge is 2.50. The lowest BCUT2D eigenvalue weighted by Gasteiger charge is -2.30. The van der Waals surface area contributed by atoms with Gasteiger partial charge >= 0.3 is 23.5 Å². The zero-order valence-corrected chi connectivity index (χ0v) is 42.8. The molecule has 3 heterocycles. The van der Waals surface area contributed by atoms with Gasteiger partial charge in [0, 0.05) is 37.1 Å². The largest absolute Gasteiger partial charge is 0.481 e. The summed E-state index contributed by atoms with van der Waals surface area (Å²) in [6.45, 7) is 5.19. The fraction of sp³-hybridized carbons (Fsp3) is 0.800. The Balaban J connectivity index is 1.29. The number of anilines is 1. The van der Waals surface area contributed by atoms with Gasteiger partial charge in [-0.15, -0.1) is 0 Å². The number of unbranched alkanes of at least 4 members (excludes halogenated alkanes) is 10. The quantitative estimate of drug-likeness (QED) is 0.0317. The molecule has 1 saturated heterocycles. The number of aliphatic hydroxyl groups excluding tert-OH is 2. The first-order chi connectivity index (χ1) is 31.9. The summed E-state index contributed by atoms with van der Waals surface area (Å²) in [6, 6.07) is 0. The van der Waals surface area contributed by atoms with Gasteiger partial charge in [-0.05, 0) is 12.3 Å². The van der Waals surface area contributed by atoms with Crippen LogP contribution in [0.5, 0.6) is 0 Å². The number of phosphoric acid groups is 3. The summed E-state index contributed by atoms with van der Waals surface area (Å²) >= 11 is 1.16. The van der Waals surface area contributed by atoms with Gasteiger partial charge in [0.1, 0.15) is 36.3 Å². The lowest BCUT2D eigenvalue weighted by atomic mass is 9.87. The topological polar surface area (TPSA) is 364 Å². The molecule has 0 aliphatic carbocycles. The number of thioether (sulfide) groups is 1. The number of nitrogens with two attached hydrogens (primary N) is 1. The number of amides is 2. The number of carbonyl (C=O) groups excluding carboxylic acids is 3. The van der Waals surface area contributed by atoms with E-state index >= 15 is 0 Å². The number of hydrogen-bond acceptors (Lipinski definition) is 18. The maximum absolute atomic E-state index is 12.7. The molecule has 24 nitrogen and oxygen atoms in total. The van der Waals surface area contributed by atoms with Crippen LogP contribution in [-0.4, -0.2) is 123 Å². The lowest BCUT2D eigenvalue weighted by Crippen LogP contribution is -2.46. The van der Waals surface area contributed by atoms with Crippen LogP contribution in [0.3, 0.4) is 0 Å². The van der Waals surface area contributed by atoms with Crippen LogP contribution in [0, 0.1) is 11.3 Å². The van der Waals surface area contributed by atoms with Crippen LogP contribution in [0.2, 0.25) is 0 Å². The van der Waals surface area contributed by atoms with Crippen LogP contribution in [0.15, 0.2) is 12.7 Å². The van der Waals surface area contributed by atoms with Crippen LogP contribution in [0.1, 0.15) is 137 Å². The van der Waals surface area contributed by atoms with Crippen LogP contribution in [-0.2, 0) is 50.7 Å². The van der Waals surface area contributed by atoms with Gasteiger partial charge in [-0.1, -0.05) is 123 Å². The molecule has 8 unspecified atom stereocenters. The summed E-state index contributed by atoms with van der Waals surface area (Å²) in [4.78, 5) is 88.4. The van der Waals surface area contributed by atoms with Gasteiger partial charge in [0.25, 0.3) is 0 Å². The minimum atomic E-state index is -5.57. The second-order valence-corrected chi connectivity index (χ2v) is 23.0. The SMILES string of the molecule is CCCC(C)CCCCCCCCCCCCCC(=O)SCCNC(=O)CCNC(=O)C(O)C(C)(C)COP(=O)(O)OP(=O)(O)OCC1OC(n2cnc3c(N)ncnc32)C(O)C1OP(=O)(O)O. The molecule has 2 aromatic heterocycles. The monoisotopic (exact) mass is 1050 g/mol. The Morgan fingerprint density at radius 1 is 0.882 bits per heavy atom. The molecule has 8 atom stereocenters. The molecule has 0 saturated carbocycles. The minimum absolute atomic E-state index is 0.0339. The maximum atomic E-state index is 12.7. The molecule has 10 N–H and O–H groups in total. The third kappa shape index (κ3) is 21.9. The second kappa shape index (κ2) is 29.2. The molecular weight excluding hydrogens is 975 g/mol. The zero-order valence-electron chi connectivity index (χ0n) is 39.3. The molecule has 0 spiro atoms. The van der Waals surface area contributed by atoms with Gasteiger partial charge in [-0.25, -0.2) is 28.6 Å². The average Bonchev–Trinajstić information content (AvgIpc) is 3.82. The highest BCUT2D eigenvalue weighted by molar-refractivity contribution is 8.13. The smallest absolute Gasteiger partial charge is 0.386 e. The number of carbonyl (C=O) groups is 3. The molecule has 1 aliphatic rings. The Bertz CT molecular complexity index is 2030. The van der Waals surface area contributed by atoms with E-state index in [9.17, 15) is 57.9 Å². The second-order valence-electron chi connectivity index (χ2n) is 17.6. The van der Waals surface area contributed by atoms with E-state index in [4.69, 9.17) is 19.5 Å². The van der Waals surface area contributed by atoms with Crippen LogP contribution < -0.4 is 16.4 Å². The first-order valence-electron chi connectivity index (χ1n) is 23.0. The summed E-state index contributed by atoms with van der Waals surface area (Å²) < 4.78 is 62.5. The van der Waals surface area contributed by atoms with Gasteiger partial charge < -0.3 is 50.9 Å². The molecule has 0 radical (unpaired) electrons. The van der Waals surface area contributed by atoms with E-state index in [0.717, 1.165) is 54.2 Å². The Hall–Kier alpha value is -2.44. The van der Waals surface area contributed by atoms with Crippen molar-refractivity contribution in [3.05, 3.63) is 12.7 Å². The van der Waals surface area contributed by atoms with Crippen LogP contribution in [0.4, 0.5) is 5.82 Å². The van der Waals surface area contributed by atoms with Gasteiger partial charge in [0.2, 0.25) is 11.8 Å². The van der Waals surface area contributed by atoms with Crippen molar-refractivity contribution in [3.8, 4) is 0 Å². The van der Waals surface area contributed by atoms with Crippen molar-refractivity contribution in [2.75, 3.05) is 37.8 Å². The molecule has 0 aromatic carbocycles. The third-order valence-corrected chi connectivity index (χ3v) is 15.2. The first-order valence-corrected chi connectivity index (χ1v) is 28.5. The summed E-state index contributed by atoms with van der Waals surface area (Å²) in [5.74, 6) is -0.165. The van der Waals surface area contributed by atoms with Crippen molar-refractivity contribution < 1.29 is 80.5 Å². The summed E-state index contributed by atoms with van der Waals surface area (Å²) in [7, 11) is -16.4. The molecule has 3 rings (SSSR count). The number of aromatic nitrogens is 4. The van der Waals surface area contributed by atoms with Crippen molar-refractivity contribution in [2.24, 2.45) is 11.3 Å². The minimum Gasteiger partial charge on any atom is -0.386 e. The number of aliphatic hydroxyl groups is 2. The lowest BCUT2D eigenvalue weighted by molar-refractivity contribution is -0.137. The number of fused-ring (bicyclic) bond motifs is 1. The predicted molar refractivity (Wildman–Crippen MR) is 251 cm³/mol. The fourth-order valence-corrected chi connectivity index (χ4v) is 10.9. The van der Waals surface area contributed by atoms with E-state index in [1.807, 2.05) is 0 Å². The van der Waals surface area contributed by atoms with Gasteiger partial charge in [-0.3, -0.25) is 32.5 Å². The number of rotatable bonds is 35. The third-order valence-electron chi connectivity index (χ3n) is 11.1. The number of nitrogens with one attached hydrogen (secondary N) is 2. The first kappa shape index (κ1) is 59.9. The van der Waals surface area contributed by atoms with E-state index in [2.05, 4.69) is 48.3 Å². The molecule has 1 fully saturated rings. The van der Waals surface area contributed by atoms with E-state index in [-0.39, 0.29) is 41.6 Å². The Morgan fingerprint density at radius 2 is 1.50 bits per heavy atom. The number of phosphoric ester groups is 3. The molecule has 2 aromatic rings. The molecule has 390 valence electrons. The van der Waals surface area contributed by atoms with Crippen LogP contribution >= 0.6 is 35.2 Å². The summed E-state index contributed by atoms with van der Waals surface area (Å²) in [5, 5.41) is 26.7. The highest BCUT2D eigenvalue weighted by atomic mass is 32.2. The highest BCUT2D eigenvalue weighted by Crippen LogP contribution is 2.61. The van der Waals surface area contributed by atoms with Gasteiger partial charge in [0.05, 0.1) is 19.5 Å². The number of nitrogen functional groups attached to an aromatic ring is 1. The Kier molecular flexibility index (Phi) is 25.7. The summed E-state index contributed by atoms with van der Waals surface area (Å²) in [6.07, 6.45) is 10.9. The number of ether oxygens (including phenoxy) is 1. The van der Waals surface area contributed by atoms with Crippen molar-refractivity contribution in [1.29, 1.82) is 0 Å². The van der Waals surface area contributed by atoms with Crippen molar-refractivity contribution in [2.45, 2.75) is 161 Å².